The maximum absolute atomic E-state index is 12.6. The molecule has 0 spiro atoms. The van der Waals surface area contributed by atoms with Crippen molar-refractivity contribution in [1.82, 2.24) is 9.55 Å². The number of rotatable bonds is 2. The molecule has 2 aliphatic rings. The number of fused-ring (bicyclic) bond motifs is 1. The van der Waals surface area contributed by atoms with Crippen LogP contribution in [0.2, 0.25) is 0 Å². The van der Waals surface area contributed by atoms with E-state index in [1.54, 1.807) is 12.4 Å². The number of nitrogens with two attached hydrogens (primary N) is 1. The molecule has 21 heavy (non-hydrogen) atoms. The number of nitrogen functional groups attached to an aromatic ring is 1. The topological polar surface area (TPSA) is 64.2 Å². The summed E-state index contributed by atoms with van der Waals surface area (Å²) in [7, 11) is 0. The third-order valence-corrected chi connectivity index (χ3v) is 4.40. The van der Waals surface area contributed by atoms with E-state index >= 15 is 0 Å². The minimum absolute atomic E-state index is 0.0259. The molecule has 0 saturated heterocycles. The molecule has 0 amide bonds. The summed E-state index contributed by atoms with van der Waals surface area (Å²) >= 11 is 0. The molecular formula is C16H18N4O. The second-order valence-corrected chi connectivity index (χ2v) is 5.85. The summed E-state index contributed by atoms with van der Waals surface area (Å²) < 4.78 is 1.83. The first-order valence-corrected chi connectivity index (χ1v) is 7.42. The Morgan fingerprint density at radius 1 is 1.29 bits per heavy atom. The van der Waals surface area contributed by atoms with Crippen molar-refractivity contribution in [3.05, 3.63) is 52.1 Å². The normalized spacial score (nSPS) is 17.6. The second kappa shape index (κ2) is 4.62. The van der Waals surface area contributed by atoms with Crippen LogP contribution >= 0.6 is 0 Å². The van der Waals surface area contributed by atoms with Gasteiger partial charge in [-0.25, -0.2) is 4.98 Å². The molecule has 1 aromatic heterocycles. The summed E-state index contributed by atoms with van der Waals surface area (Å²) in [5.41, 5.74) is 9.32. The van der Waals surface area contributed by atoms with Crippen LogP contribution in [0.25, 0.3) is 0 Å². The highest BCUT2D eigenvalue weighted by molar-refractivity contribution is 5.55. The van der Waals surface area contributed by atoms with Gasteiger partial charge >= 0.3 is 0 Å². The molecule has 1 aliphatic heterocycles. The highest BCUT2D eigenvalue weighted by atomic mass is 16.1. The minimum atomic E-state index is 0.0259. The minimum Gasteiger partial charge on any atom is -0.398 e. The summed E-state index contributed by atoms with van der Waals surface area (Å²) in [6.45, 7) is 1.48. The van der Waals surface area contributed by atoms with Crippen LogP contribution in [0.1, 0.15) is 30.0 Å². The van der Waals surface area contributed by atoms with E-state index in [4.69, 9.17) is 5.73 Å². The molecule has 4 rings (SSSR count). The van der Waals surface area contributed by atoms with Crippen LogP contribution in [0.5, 0.6) is 0 Å². The van der Waals surface area contributed by atoms with Crippen molar-refractivity contribution in [2.45, 2.75) is 31.8 Å². The van der Waals surface area contributed by atoms with Gasteiger partial charge in [0.15, 0.2) is 5.82 Å². The van der Waals surface area contributed by atoms with Gasteiger partial charge in [-0.05, 0) is 36.5 Å². The van der Waals surface area contributed by atoms with Crippen molar-refractivity contribution in [3.8, 4) is 0 Å². The van der Waals surface area contributed by atoms with Gasteiger partial charge in [0.25, 0.3) is 5.56 Å². The van der Waals surface area contributed by atoms with E-state index in [-0.39, 0.29) is 5.56 Å². The predicted molar refractivity (Wildman–Crippen MR) is 82.4 cm³/mol. The molecule has 1 aliphatic carbocycles. The van der Waals surface area contributed by atoms with E-state index in [0.29, 0.717) is 18.4 Å². The smallest absolute Gasteiger partial charge is 0.293 e. The Morgan fingerprint density at radius 3 is 2.95 bits per heavy atom. The molecule has 5 heteroatoms. The van der Waals surface area contributed by atoms with Gasteiger partial charge < -0.3 is 15.2 Å². The predicted octanol–water partition coefficient (Wildman–Crippen LogP) is 1.72. The molecule has 1 saturated carbocycles. The average molecular weight is 282 g/mol. The van der Waals surface area contributed by atoms with Gasteiger partial charge in [-0.3, -0.25) is 4.79 Å². The number of hydrogen-bond acceptors (Lipinski definition) is 4. The van der Waals surface area contributed by atoms with E-state index in [0.717, 1.165) is 37.1 Å². The van der Waals surface area contributed by atoms with Gasteiger partial charge in [0.05, 0.1) is 0 Å². The van der Waals surface area contributed by atoms with Crippen molar-refractivity contribution in [2.24, 2.45) is 0 Å². The standard InChI is InChI=1S/C16H18N4O/c17-14-3-1-2-11-6-8-19(10-13(11)14)15-16(21)20(9-7-18-15)12-4-5-12/h1-3,7,9,12H,4-6,8,10,17H2. The van der Waals surface area contributed by atoms with Crippen LogP contribution in [-0.4, -0.2) is 16.1 Å². The molecule has 1 fully saturated rings. The summed E-state index contributed by atoms with van der Waals surface area (Å²) in [6, 6.07) is 6.40. The molecule has 5 nitrogen and oxygen atoms in total. The first-order valence-electron chi connectivity index (χ1n) is 7.42. The molecule has 0 atom stereocenters. The lowest BCUT2D eigenvalue weighted by Gasteiger charge is -2.30. The third kappa shape index (κ3) is 2.09. The maximum atomic E-state index is 12.6. The zero-order valence-electron chi connectivity index (χ0n) is 11.8. The fourth-order valence-corrected chi connectivity index (χ4v) is 3.06. The van der Waals surface area contributed by atoms with E-state index < -0.39 is 0 Å². The van der Waals surface area contributed by atoms with Gasteiger partial charge in [-0.15, -0.1) is 0 Å². The van der Waals surface area contributed by atoms with Crippen LogP contribution in [0, 0.1) is 0 Å². The Hall–Kier alpha value is -2.30. The lowest BCUT2D eigenvalue weighted by atomic mass is 9.98. The van der Waals surface area contributed by atoms with E-state index in [9.17, 15) is 4.79 Å². The van der Waals surface area contributed by atoms with Crippen LogP contribution < -0.4 is 16.2 Å². The molecule has 0 bridgehead atoms. The summed E-state index contributed by atoms with van der Waals surface area (Å²) in [6.07, 6.45) is 6.63. The second-order valence-electron chi connectivity index (χ2n) is 5.85. The molecule has 0 unspecified atom stereocenters. The number of anilines is 2. The lowest BCUT2D eigenvalue weighted by Crippen LogP contribution is -2.37. The first kappa shape index (κ1) is 12.4. The highest BCUT2D eigenvalue weighted by Crippen LogP contribution is 2.33. The molecule has 1 aromatic carbocycles. The van der Waals surface area contributed by atoms with Gasteiger partial charge in [0.1, 0.15) is 0 Å². The monoisotopic (exact) mass is 282 g/mol. The van der Waals surface area contributed by atoms with E-state index in [2.05, 4.69) is 16.0 Å². The van der Waals surface area contributed by atoms with Crippen molar-refractivity contribution in [2.75, 3.05) is 17.2 Å². The number of nitrogens with zero attached hydrogens (tertiary/aromatic N) is 3. The van der Waals surface area contributed by atoms with Crippen molar-refractivity contribution in [1.29, 1.82) is 0 Å². The summed E-state index contributed by atoms with van der Waals surface area (Å²) in [5, 5.41) is 0. The molecule has 2 aromatic rings. The van der Waals surface area contributed by atoms with Crippen LogP contribution in [0.3, 0.4) is 0 Å². The SMILES string of the molecule is Nc1cccc2c1CN(c1nccn(C3CC3)c1=O)CC2. The Morgan fingerprint density at radius 2 is 2.14 bits per heavy atom. The van der Waals surface area contributed by atoms with Crippen molar-refractivity contribution in [3.63, 3.8) is 0 Å². The fraction of sp³-hybridized carbons (Fsp3) is 0.375. The van der Waals surface area contributed by atoms with Gasteiger partial charge in [-0.1, -0.05) is 12.1 Å². The fourth-order valence-electron chi connectivity index (χ4n) is 3.06. The highest BCUT2D eigenvalue weighted by Gasteiger charge is 2.27. The number of aromatic nitrogens is 2. The summed E-state index contributed by atoms with van der Waals surface area (Å²) in [4.78, 5) is 19.0. The van der Waals surface area contributed by atoms with Gasteiger partial charge in [0, 0.05) is 37.2 Å². The van der Waals surface area contributed by atoms with E-state index in [1.165, 1.54) is 5.56 Å². The third-order valence-electron chi connectivity index (χ3n) is 4.40. The molecule has 2 N–H and O–H groups in total. The maximum Gasteiger partial charge on any atom is 0.293 e. The Labute approximate surface area is 123 Å². The van der Waals surface area contributed by atoms with Crippen molar-refractivity contribution < 1.29 is 0 Å². The Kier molecular flexibility index (Phi) is 2.74. The Balaban J connectivity index is 1.71. The van der Waals surface area contributed by atoms with Crippen LogP contribution in [-0.2, 0) is 13.0 Å². The van der Waals surface area contributed by atoms with Crippen LogP contribution in [0.15, 0.2) is 35.4 Å². The largest absolute Gasteiger partial charge is 0.398 e. The summed E-state index contributed by atoms with van der Waals surface area (Å²) in [5.74, 6) is 0.554. The zero-order chi connectivity index (χ0) is 14.4. The number of benzene rings is 1. The molecule has 108 valence electrons. The van der Waals surface area contributed by atoms with Crippen molar-refractivity contribution >= 4 is 11.5 Å². The Bertz CT molecular complexity index is 748. The van der Waals surface area contributed by atoms with Gasteiger partial charge in [-0.2, -0.15) is 0 Å². The quantitative estimate of drug-likeness (QED) is 0.852. The molecular weight excluding hydrogens is 264 g/mol. The average Bonchev–Trinajstić information content (AvgIpc) is 3.32. The first-order chi connectivity index (χ1) is 10.2. The van der Waals surface area contributed by atoms with Gasteiger partial charge in [0.2, 0.25) is 0 Å². The number of hydrogen-bond donors (Lipinski definition) is 1. The zero-order valence-corrected chi connectivity index (χ0v) is 11.8. The molecule has 2 heterocycles. The van der Waals surface area contributed by atoms with Crippen LogP contribution in [0.4, 0.5) is 11.5 Å². The van der Waals surface area contributed by atoms with E-state index in [1.807, 2.05) is 16.7 Å². The lowest BCUT2D eigenvalue weighted by molar-refractivity contribution is 0.666. The molecule has 0 radical (unpaired) electrons.